The number of hydrogen-bond acceptors (Lipinski definition) is 1. The van der Waals surface area contributed by atoms with E-state index in [1.807, 2.05) is 16.8 Å². The van der Waals surface area contributed by atoms with Crippen molar-refractivity contribution >= 4 is 5.78 Å². The van der Waals surface area contributed by atoms with Gasteiger partial charge in [-0.2, -0.15) is 0 Å². The molecule has 1 aliphatic carbocycles. The van der Waals surface area contributed by atoms with Gasteiger partial charge in [0, 0.05) is 29.6 Å². The second-order valence-electron chi connectivity index (χ2n) is 5.96. The molecule has 0 atom stereocenters. The minimum atomic E-state index is -0.249. The third-order valence-electron chi connectivity index (χ3n) is 3.68. The van der Waals surface area contributed by atoms with Gasteiger partial charge in [-0.25, -0.2) is 4.39 Å². The van der Waals surface area contributed by atoms with Crippen LogP contribution in [0.2, 0.25) is 0 Å². The standard InChI is InChI=1S/C16H16FNO/c1-16(2)9-14-13(15(19)10-16)7-8-18(14)12-5-3-11(17)4-6-12/h3-8H,9-10H2,1-2H3. The van der Waals surface area contributed by atoms with Crippen LogP contribution in [-0.4, -0.2) is 10.4 Å². The Labute approximate surface area is 111 Å². The van der Waals surface area contributed by atoms with Crippen LogP contribution in [0.4, 0.5) is 4.39 Å². The number of hydrogen-bond donors (Lipinski definition) is 0. The average molecular weight is 257 g/mol. The number of nitrogens with zero attached hydrogens (tertiary/aromatic N) is 1. The number of carbonyl (C=O) groups excluding carboxylic acids is 1. The van der Waals surface area contributed by atoms with Crippen LogP contribution in [0.15, 0.2) is 36.5 Å². The highest BCUT2D eigenvalue weighted by molar-refractivity contribution is 5.99. The number of fused-ring (bicyclic) bond motifs is 1. The second kappa shape index (κ2) is 4.05. The van der Waals surface area contributed by atoms with Crippen molar-refractivity contribution in [2.24, 2.45) is 5.41 Å². The van der Waals surface area contributed by atoms with Crippen molar-refractivity contribution in [1.82, 2.24) is 4.57 Å². The zero-order valence-electron chi connectivity index (χ0n) is 11.1. The molecule has 0 radical (unpaired) electrons. The predicted octanol–water partition coefficient (Wildman–Crippen LogP) is 3.77. The monoisotopic (exact) mass is 257 g/mol. The number of benzene rings is 1. The van der Waals surface area contributed by atoms with Gasteiger partial charge in [-0.1, -0.05) is 13.8 Å². The molecule has 0 saturated heterocycles. The highest BCUT2D eigenvalue weighted by atomic mass is 19.1. The number of halogens is 1. The smallest absolute Gasteiger partial charge is 0.165 e. The maximum atomic E-state index is 13.0. The second-order valence-corrected chi connectivity index (χ2v) is 5.96. The van der Waals surface area contributed by atoms with E-state index in [0.29, 0.717) is 6.42 Å². The van der Waals surface area contributed by atoms with Crippen molar-refractivity contribution in [3.63, 3.8) is 0 Å². The van der Waals surface area contributed by atoms with Crippen LogP contribution >= 0.6 is 0 Å². The van der Waals surface area contributed by atoms with E-state index in [2.05, 4.69) is 13.8 Å². The van der Waals surface area contributed by atoms with Crippen LogP contribution < -0.4 is 0 Å². The highest BCUT2D eigenvalue weighted by Crippen LogP contribution is 2.36. The minimum Gasteiger partial charge on any atom is -0.320 e. The van der Waals surface area contributed by atoms with Crippen molar-refractivity contribution in [3.05, 3.63) is 53.6 Å². The normalized spacial score (nSPS) is 17.3. The number of rotatable bonds is 1. The molecule has 1 heterocycles. The zero-order chi connectivity index (χ0) is 13.6. The molecule has 2 nitrogen and oxygen atoms in total. The van der Waals surface area contributed by atoms with E-state index in [9.17, 15) is 9.18 Å². The Morgan fingerprint density at radius 3 is 2.47 bits per heavy atom. The Morgan fingerprint density at radius 2 is 1.79 bits per heavy atom. The maximum Gasteiger partial charge on any atom is 0.165 e. The lowest BCUT2D eigenvalue weighted by molar-refractivity contribution is 0.0911. The van der Waals surface area contributed by atoms with E-state index in [4.69, 9.17) is 0 Å². The molecule has 0 aliphatic heterocycles. The summed E-state index contributed by atoms with van der Waals surface area (Å²) in [6.07, 6.45) is 3.35. The summed E-state index contributed by atoms with van der Waals surface area (Å²) in [5, 5.41) is 0. The lowest BCUT2D eigenvalue weighted by atomic mass is 9.76. The summed E-state index contributed by atoms with van der Waals surface area (Å²) in [7, 11) is 0. The van der Waals surface area contributed by atoms with Gasteiger partial charge >= 0.3 is 0 Å². The fourth-order valence-electron chi connectivity index (χ4n) is 2.79. The van der Waals surface area contributed by atoms with E-state index < -0.39 is 0 Å². The summed E-state index contributed by atoms with van der Waals surface area (Å²) in [6, 6.07) is 8.23. The summed E-state index contributed by atoms with van der Waals surface area (Å²) < 4.78 is 15.0. The van der Waals surface area contributed by atoms with Crippen LogP contribution in [0.25, 0.3) is 5.69 Å². The number of aromatic nitrogens is 1. The first-order valence-electron chi connectivity index (χ1n) is 6.46. The summed E-state index contributed by atoms with van der Waals surface area (Å²) >= 11 is 0. The minimum absolute atomic E-state index is 0.0137. The topological polar surface area (TPSA) is 22.0 Å². The third kappa shape index (κ3) is 2.09. The molecule has 19 heavy (non-hydrogen) atoms. The van der Waals surface area contributed by atoms with Crippen molar-refractivity contribution in [2.45, 2.75) is 26.7 Å². The predicted molar refractivity (Wildman–Crippen MR) is 72.2 cm³/mol. The molecule has 3 heteroatoms. The van der Waals surface area contributed by atoms with Crippen LogP contribution in [-0.2, 0) is 6.42 Å². The van der Waals surface area contributed by atoms with Crippen molar-refractivity contribution in [3.8, 4) is 5.69 Å². The average Bonchev–Trinajstić information content (AvgIpc) is 2.72. The molecule has 0 amide bonds. The number of carbonyl (C=O) groups is 1. The summed E-state index contributed by atoms with van der Waals surface area (Å²) in [4.78, 5) is 12.1. The molecular formula is C16H16FNO. The Bertz CT molecular complexity index is 637. The maximum absolute atomic E-state index is 13.0. The molecule has 3 rings (SSSR count). The van der Waals surface area contributed by atoms with Gasteiger partial charge in [0.25, 0.3) is 0 Å². The van der Waals surface area contributed by atoms with E-state index in [1.54, 1.807) is 12.1 Å². The molecule has 1 aliphatic rings. The van der Waals surface area contributed by atoms with Gasteiger partial charge < -0.3 is 4.57 Å². The molecule has 1 aromatic heterocycles. The quantitative estimate of drug-likeness (QED) is 0.762. The highest BCUT2D eigenvalue weighted by Gasteiger charge is 2.33. The summed E-state index contributed by atoms with van der Waals surface area (Å²) in [5.41, 5.74) is 2.73. The van der Waals surface area contributed by atoms with Crippen molar-refractivity contribution < 1.29 is 9.18 Å². The lowest BCUT2D eigenvalue weighted by Gasteiger charge is -2.29. The first-order valence-corrected chi connectivity index (χ1v) is 6.46. The van der Waals surface area contributed by atoms with Crippen LogP contribution in [0.3, 0.4) is 0 Å². The molecule has 0 bridgehead atoms. The van der Waals surface area contributed by atoms with E-state index in [-0.39, 0.29) is 17.0 Å². The number of Topliss-reactive ketones (excluding diaryl/α,β-unsaturated/α-hetero) is 1. The first-order chi connectivity index (χ1) is 8.96. The lowest BCUT2D eigenvalue weighted by Crippen LogP contribution is -2.27. The van der Waals surface area contributed by atoms with E-state index >= 15 is 0 Å². The van der Waals surface area contributed by atoms with Gasteiger partial charge in [0.05, 0.1) is 0 Å². The molecule has 0 spiro atoms. The fraction of sp³-hybridized carbons (Fsp3) is 0.312. The largest absolute Gasteiger partial charge is 0.320 e. The molecule has 0 unspecified atom stereocenters. The van der Waals surface area contributed by atoms with Gasteiger partial charge in [0.1, 0.15) is 5.82 Å². The molecule has 0 saturated carbocycles. The molecule has 2 aromatic rings. The molecule has 1 aromatic carbocycles. The van der Waals surface area contributed by atoms with Gasteiger partial charge in [-0.05, 0) is 42.2 Å². The molecule has 98 valence electrons. The van der Waals surface area contributed by atoms with Gasteiger partial charge in [-0.3, -0.25) is 4.79 Å². The molecule has 0 N–H and O–H groups in total. The Hall–Kier alpha value is -1.90. The van der Waals surface area contributed by atoms with Crippen molar-refractivity contribution in [2.75, 3.05) is 0 Å². The van der Waals surface area contributed by atoms with Crippen molar-refractivity contribution in [1.29, 1.82) is 0 Å². The summed E-state index contributed by atoms with van der Waals surface area (Å²) in [5.74, 6) is -0.0479. The van der Waals surface area contributed by atoms with Crippen LogP contribution in [0.1, 0.15) is 36.3 Å². The SMILES string of the molecule is CC1(C)CC(=O)c2ccn(-c3ccc(F)cc3)c2C1. The van der Waals surface area contributed by atoms with Crippen LogP contribution in [0, 0.1) is 11.2 Å². The van der Waals surface area contributed by atoms with E-state index in [0.717, 1.165) is 23.4 Å². The fourth-order valence-corrected chi connectivity index (χ4v) is 2.79. The third-order valence-corrected chi connectivity index (χ3v) is 3.68. The Morgan fingerprint density at radius 1 is 1.11 bits per heavy atom. The Balaban J connectivity index is 2.11. The summed E-state index contributed by atoms with van der Waals surface area (Å²) in [6.45, 7) is 4.21. The first kappa shape index (κ1) is 12.2. The van der Waals surface area contributed by atoms with E-state index in [1.165, 1.54) is 12.1 Å². The van der Waals surface area contributed by atoms with Crippen LogP contribution in [0.5, 0.6) is 0 Å². The zero-order valence-corrected chi connectivity index (χ0v) is 11.1. The van der Waals surface area contributed by atoms with Gasteiger partial charge in [0.2, 0.25) is 0 Å². The molecular weight excluding hydrogens is 241 g/mol. The molecule has 0 fully saturated rings. The van der Waals surface area contributed by atoms with Gasteiger partial charge in [-0.15, -0.1) is 0 Å². The Kier molecular flexibility index (Phi) is 2.59. The van der Waals surface area contributed by atoms with Gasteiger partial charge in [0.15, 0.2) is 5.78 Å². The number of ketones is 1.